The number of ether oxygens (including phenoxy) is 4. The van der Waals surface area contributed by atoms with Crippen LogP contribution in [-0.2, 0) is 15.1 Å². The molecule has 0 spiro atoms. The first-order chi connectivity index (χ1) is 21.8. The van der Waals surface area contributed by atoms with Gasteiger partial charge in [-0.1, -0.05) is 66.4 Å². The number of aliphatic hydroxyl groups is 1. The summed E-state index contributed by atoms with van der Waals surface area (Å²) < 4.78 is 24.0. The third kappa shape index (κ3) is 7.27. The van der Waals surface area contributed by atoms with Crippen molar-refractivity contribution < 1.29 is 24.1 Å². The van der Waals surface area contributed by atoms with Crippen LogP contribution in [0.15, 0.2) is 101 Å². The minimum Gasteiger partial charge on any atom is -0.497 e. The molecule has 1 aromatic heterocycles. The Morgan fingerprint density at radius 1 is 0.933 bits per heavy atom. The lowest BCUT2D eigenvalue weighted by molar-refractivity contribution is -0.0759. The molecular formula is C36H37N3O6. The number of nitrogens with one attached hydrogen (secondary N) is 1. The smallest absolute Gasteiger partial charge is 0.249 e. The number of hydrogen-bond donors (Lipinski definition) is 2. The number of rotatable bonds is 10. The van der Waals surface area contributed by atoms with Crippen LogP contribution in [0.1, 0.15) is 28.7 Å². The van der Waals surface area contributed by atoms with Crippen molar-refractivity contribution in [3.8, 4) is 23.3 Å². The Hall–Kier alpha value is -4.88. The maximum absolute atomic E-state index is 11.9. The average Bonchev–Trinajstić information content (AvgIpc) is 3.43. The molecule has 0 amide bonds. The number of pyridine rings is 1. The SMILES string of the molecule is COc1ccc(C(OC[C@H]2O[C@@H](C#Cc3ccc(=O)[nH]c3/N=C/N(C)C)C[C@@H]2O)(c2ccccc2)c2ccc(OC)cc2)cc1. The molecule has 45 heavy (non-hydrogen) atoms. The molecule has 9 heteroatoms. The molecule has 232 valence electrons. The quantitative estimate of drug-likeness (QED) is 0.118. The van der Waals surface area contributed by atoms with E-state index in [1.54, 1.807) is 31.5 Å². The summed E-state index contributed by atoms with van der Waals surface area (Å²) in [7, 11) is 6.93. The van der Waals surface area contributed by atoms with Crippen LogP contribution in [0.3, 0.4) is 0 Å². The lowest BCUT2D eigenvalue weighted by atomic mass is 9.80. The van der Waals surface area contributed by atoms with Crippen molar-refractivity contribution in [1.82, 2.24) is 9.88 Å². The van der Waals surface area contributed by atoms with Gasteiger partial charge in [-0.05, 0) is 47.0 Å². The fraction of sp³-hybridized carbons (Fsp3) is 0.278. The highest BCUT2D eigenvalue weighted by Gasteiger charge is 2.41. The molecule has 1 saturated heterocycles. The minimum absolute atomic E-state index is 0.0866. The van der Waals surface area contributed by atoms with Gasteiger partial charge in [0.1, 0.15) is 35.1 Å². The van der Waals surface area contributed by atoms with Gasteiger partial charge < -0.3 is 33.9 Å². The van der Waals surface area contributed by atoms with Crippen LogP contribution in [0.4, 0.5) is 5.82 Å². The zero-order valence-electron chi connectivity index (χ0n) is 25.8. The second-order valence-electron chi connectivity index (χ2n) is 10.8. The molecule has 0 aliphatic carbocycles. The molecule has 1 fully saturated rings. The normalized spacial score (nSPS) is 17.9. The number of methoxy groups -OCH3 is 2. The molecule has 1 aliphatic heterocycles. The highest BCUT2D eigenvalue weighted by molar-refractivity contribution is 5.62. The number of aliphatic hydroxyl groups excluding tert-OH is 1. The number of H-pyrrole nitrogens is 1. The molecule has 4 aromatic rings. The summed E-state index contributed by atoms with van der Waals surface area (Å²) >= 11 is 0. The fourth-order valence-corrected chi connectivity index (χ4v) is 5.25. The van der Waals surface area contributed by atoms with E-state index in [2.05, 4.69) is 21.8 Å². The maximum atomic E-state index is 11.9. The van der Waals surface area contributed by atoms with Crippen LogP contribution >= 0.6 is 0 Å². The van der Waals surface area contributed by atoms with Crippen molar-refractivity contribution in [1.29, 1.82) is 0 Å². The van der Waals surface area contributed by atoms with Crippen molar-refractivity contribution in [3.63, 3.8) is 0 Å². The van der Waals surface area contributed by atoms with Gasteiger partial charge in [0.05, 0.1) is 38.8 Å². The molecular weight excluding hydrogens is 570 g/mol. The van der Waals surface area contributed by atoms with E-state index in [-0.39, 0.29) is 12.2 Å². The van der Waals surface area contributed by atoms with Gasteiger partial charge in [0.2, 0.25) is 5.56 Å². The van der Waals surface area contributed by atoms with Gasteiger partial charge >= 0.3 is 0 Å². The fourth-order valence-electron chi connectivity index (χ4n) is 5.25. The van der Waals surface area contributed by atoms with Gasteiger partial charge in [-0.3, -0.25) is 4.79 Å². The average molecular weight is 608 g/mol. The van der Waals surface area contributed by atoms with E-state index in [1.165, 1.54) is 6.07 Å². The summed E-state index contributed by atoms with van der Waals surface area (Å²) in [5.74, 6) is 7.97. The van der Waals surface area contributed by atoms with Crippen LogP contribution in [-0.4, -0.2) is 74.6 Å². The Morgan fingerprint density at radius 2 is 1.53 bits per heavy atom. The number of nitrogens with zero attached hydrogens (tertiary/aromatic N) is 2. The summed E-state index contributed by atoms with van der Waals surface area (Å²) in [4.78, 5) is 20.7. The highest BCUT2D eigenvalue weighted by atomic mass is 16.6. The number of hydrogen-bond acceptors (Lipinski definition) is 7. The second-order valence-corrected chi connectivity index (χ2v) is 10.8. The zero-order chi connectivity index (χ0) is 31.8. The molecule has 2 N–H and O–H groups in total. The molecule has 2 heterocycles. The highest BCUT2D eigenvalue weighted by Crippen LogP contribution is 2.42. The summed E-state index contributed by atoms with van der Waals surface area (Å²) in [6.45, 7) is 0.0866. The molecule has 3 aromatic carbocycles. The Bertz CT molecular complexity index is 1660. The molecule has 0 radical (unpaired) electrons. The molecule has 1 aliphatic rings. The van der Waals surface area contributed by atoms with Crippen molar-refractivity contribution in [2.24, 2.45) is 4.99 Å². The van der Waals surface area contributed by atoms with E-state index in [0.717, 1.165) is 28.2 Å². The third-order valence-corrected chi connectivity index (χ3v) is 7.54. The third-order valence-electron chi connectivity index (χ3n) is 7.54. The van der Waals surface area contributed by atoms with E-state index in [0.29, 0.717) is 17.8 Å². The van der Waals surface area contributed by atoms with Gasteiger partial charge in [-0.2, -0.15) is 0 Å². The van der Waals surface area contributed by atoms with Crippen LogP contribution in [0.25, 0.3) is 0 Å². The summed E-state index contributed by atoms with van der Waals surface area (Å²) in [5, 5.41) is 11.1. The Labute approximate surface area is 263 Å². The molecule has 3 atom stereocenters. The topological polar surface area (TPSA) is 106 Å². The predicted molar refractivity (Wildman–Crippen MR) is 173 cm³/mol. The van der Waals surface area contributed by atoms with Gasteiger partial charge in [0, 0.05) is 26.6 Å². The molecule has 0 saturated carbocycles. The first kappa shape index (κ1) is 31.5. The summed E-state index contributed by atoms with van der Waals surface area (Å²) in [6, 6.07) is 28.5. The van der Waals surface area contributed by atoms with Gasteiger partial charge in [0.25, 0.3) is 0 Å². The Balaban J connectivity index is 1.45. The van der Waals surface area contributed by atoms with E-state index in [1.807, 2.05) is 93.0 Å². The summed E-state index contributed by atoms with van der Waals surface area (Å²) in [6.07, 6.45) is -0.0784. The van der Waals surface area contributed by atoms with Crippen LogP contribution in [0.2, 0.25) is 0 Å². The first-order valence-corrected chi connectivity index (χ1v) is 14.6. The van der Waals surface area contributed by atoms with Gasteiger partial charge in [-0.15, -0.1) is 0 Å². The van der Waals surface area contributed by atoms with E-state index in [4.69, 9.17) is 18.9 Å². The standard InChI is InChI=1S/C36H37N3O6/c1-39(2)24-37-35-25(11-21-34(41)38-35)10-16-31-22-32(40)33(45-31)23-44-36(26-8-6-5-7-9-26,27-12-17-29(42-3)18-13-27)28-14-19-30(43-4)20-15-28/h5-9,11-15,17-21,24,31-33,40H,22-23H2,1-4H3,(H,38,41)/b37-24+/t31-,32-,33+/m0/s1. The van der Waals surface area contributed by atoms with Crippen molar-refractivity contribution in [2.45, 2.75) is 30.3 Å². The lowest BCUT2D eigenvalue weighted by Gasteiger charge is -2.37. The zero-order valence-corrected chi connectivity index (χ0v) is 25.8. The van der Waals surface area contributed by atoms with Crippen LogP contribution in [0.5, 0.6) is 11.5 Å². The summed E-state index contributed by atoms with van der Waals surface area (Å²) in [5.41, 5.74) is 1.91. The first-order valence-electron chi connectivity index (χ1n) is 14.6. The molecule has 5 rings (SSSR count). The number of benzene rings is 3. The Kier molecular flexibility index (Phi) is 10.0. The number of aromatic amines is 1. The monoisotopic (exact) mass is 607 g/mol. The van der Waals surface area contributed by atoms with Crippen LogP contribution in [0, 0.1) is 11.8 Å². The largest absolute Gasteiger partial charge is 0.497 e. The number of aromatic nitrogens is 1. The maximum Gasteiger partial charge on any atom is 0.249 e. The van der Waals surface area contributed by atoms with Crippen LogP contribution < -0.4 is 15.0 Å². The van der Waals surface area contributed by atoms with E-state index >= 15 is 0 Å². The second kappa shape index (κ2) is 14.3. The molecule has 9 nitrogen and oxygen atoms in total. The molecule has 0 bridgehead atoms. The number of aliphatic imine (C=N–C) groups is 1. The van der Waals surface area contributed by atoms with Crippen molar-refractivity contribution >= 4 is 12.2 Å². The van der Waals surface area contributed by atoms with E-state index < -0.39 is 23.9 Å². The van der Waals surface area contributed by atoms with Crippen molar-refractivity contribution in [2.75, 3.05) is 34.9 Å². The predicted octanol–water partition coefficient (Wildman–Crippen LogP) is 4.49. The van der Waals surface area contributed by atoms with Crippen molar-refractivity contribution in [3.05, 3.63) is 124 Å². The minimum atomic E-state index is -1.04. The molecule has 0 unspecified atom stereocenters. The van der Waals surface area contributed by atoms with Gasteiger partial charge in [-0.25, -0.2) is 4.99 Å². The van der Waals surface area contributed by atoms with E-state index in [9.17, 15) is 9.90 Å². The Morgan fingerprint density at radius 3 is 2.11 bits per heavy atom. The van der Waals surface area contributed by atoms with Gasteiger partial charge in [0.15, 0.2) is 0 Å². The lowest BCUT2D eigenvalue weighted by Crippen LogP contribution is -2.38.